The third-order valence-corrected chi connectivity index (χ3v) is 4.46. The van der Waals surface area contributed by atoms with E-state index in [1.54, 1.807) is 42.3 Å². The molecule has 32 heavy (non-hydrogen) atoms. The summed E-state index contributed by atoms with van der Waals surface area (Å²) in [5, 5.41) is 12.9. The normalized spacial score (nSPS) is 10.5. The van der Waals surface area contributed by atoms with Gasteiger partial charge in [0.1, 0.15) is 5.82 Å². The number of ether oxygens (including phenoxy) is 1. The molecule has 3 aromatic rings. The Hall–Kier alpha value is -2.59. The Kier molecular flexibility index (Phi) is 12.4. The van der Waals surface area contributed by atoms with Crippen LogP contribution in [0, 0.1) is 23.2 Å². The molecule has 0 amide bonds. The van der Waals surface area contributed by atoms with Crippen LogP contribution in [0.25, 0.3) is 16.4 Å². The van der Waals surface area contributed by atoms with Crippen molar-refractivity contribution in [3.63, 3.8) is 0 Å². The molecule has 0 N–H and O–H groups in total. The fraction of sp³-hybridized carbons (Fsp3) is 0.200. The molecule has 0 bridgehead atoms. The molecule has 1 radical (unpaired) electrons. The largest absolute Gasteiger partial charge is 0.650 e. The van der Waals surface area contributed by atoms with E-state index in [1.165, 1.54) is 6.07 Å². The van der Waals surface area contributed by atoms with Crippen LogP contribution in [0.1, 0.15) is 5.56 Å². The van der Waals surface area contributed by atoms with Gasteiger partial charge in [0.05, 0.1) is 5.69 Å². The van der Waals surface area contributed by atoms with Crippen LogP contribution in [-0.4, -0.2) is 33.7 Å². The maximum atomic E-state index is 14.6. The number of likely N-dealkylation sites (N-methyl/N-ethyl adjacent to an activating group) is 1. The van der Waals surface area contributed by atoms with Crippen molar-refractivity contribution in [2.75, 3.05) is 26.0 Å². The van der Waals surface area contributed by atoms with Crippen LogP contribution in [0.15, 0.2) is 66.7 Å². The van der Waals surface area contributed by atoms with Crippen molar-refractivity contribution in [2.24, 2.45) is 0 Å². The zero-order valence-corrected chi connectivity index (χ0v) is 21.2. The van der Waals surface area contributed by atoms with Gasteiger partial charge in [0, 0.05) is 58.4 Å². The number of carbonyl (C=O) groups is 1. The van der Waals surface area contributed by atoms with Crippen LogP contribution >= 0.6 is 0 Å². The van der Waals surface area contributed by atoms with Gasteiger partial charge < -0.3 is 15.0 Å². The molecule has 0 aliphatic carbocycles. The first kappa shape index (κ1) is 27.4. The standard InChI is InChI=1S/C19H19FN3O2.C6H5.Y/c1-22-15(11-21)8-13-4-6-16(17(20)9-13)14-5-7-19(25-12-24)18(10-14)23(2)3;1-2-4-6-5-3-1;/h4-7,9-10,12,15H,8H2,1-3H3;1-5H;/q2*-1;. The van der Waals surface area contributed by atoms with E-state index in [0.717, 1.165) is 0 Å². The van der Waals surface area contributed by atoms with Crippen LogP contribution < -0.4 is 9.64 Å². The van der Waals surface area contributed by atoms with E-state index < -0.39 is 6.04 Å². The van der Waals surface area contributed by atoms with Crippen LogP contribution in [0.2, 0.25) is 0 Å². The number of hydrogen-bond donors (Lipinski definition) is 0. The zero-order valence-electron chi connectivity index (χ0n) is 18.3. The van der Waals surface area contributed by atoms with Gasteiger partial charge in [0.25, 0.3) is 6.47 Å². The van der Waals surface area contributed by atoms with Crippen molar-refractivity contribution in [3.8, 4) is 22.9 Å². The summed E-state index contributed by atoms with van der Waals surface area (Å²) in [5.74, 6) is 0.0289. The molecule has 0 aliphatic rings. The van der Waals surface area contributed by atoms with Gasteiger partial charge in [-0.15, -0.1) is 0 Å². The molecule has 0 fully saturated rings. The summed E-state index contributed by atoms with van der Waals surface area (Å²) in [6.07, 6.45) is 0.374. The Bertz CT molecular complexity index is 997. The Balaban J connectivity index is 0.000000631. The summed E-state index contributed by atoms with van der Waals surface area (Å²) in [7, 11) is 5.20. The molecule has 3 aromatic carbocycles. The molecule has 1 atom stereocenters. The van der Waals surface area contributed by atoms with Gasteiger partial charge in [-0.05, 0) is 41.8 Å². The molecule has 0 spiro atoms. The predicted molar refractivity (Wildman–Crippen MR) is 121 cm³/mol. The SMILES string of the molecule is C[N-]C(C#N)Cc1ccc(-c2ccc(OC=O)c(N(C)C)c2)c(F)c1.[Y].[c-]1ccccc1. The quantitative estimate of drug-likeness (QED) is 0.334. The average Bonchev–Trinajstić information content (AvgIpc) is 2.79. The molecule has 0 aliphatic heterocycles. The summed E-state index contributed by atoms with van der Waals surface area (Å²) in [6, 6.07) is 24.1. The summed E-state index contributed by atoms with van der Waals surface area (Å²) < 4.78 is 19.5. The van der Waals surface area contributed by atoms with Crippen molar-refractivity contribution >= 4 is 12.2 Å². The van der Waals surface area contributed by atoms with E-state index >= 15 is 0 Å². The number of benzene rings is 3. The number of halogens is 1. The first-order chi connectivity index (χ1) is 15.0. The Morgan fingerprint density at radius 2 is 1.91 bits per heavy atom. The van der Waals surface area contributed by atoms with E-state index in [-0.39, 0.29) is 38.5 Å². The van der Waals surface area contributed by atoms with Crippen molar-refractivity contribution in [1.29, 1.82) is 5.26 Å². The minimum absolute atomic E-state index is 0. The minimum Gasteiger partial charge on any atom is -0.650 e. The fourth-order valence-corrected chi connectivity index (χ4v) is 2.87. The fourth-order valence-electron chi connectivity index (χ4n) is 2.87. The molecule has 163 valence electrons. The van der Waals surface area contributed by atoms with Crippen LogP contribution in [0.4, 0.5) is 10.1 Å². The van der Waals surface area contributed by atoms with Gasteiger partial charge in [0.15, 0.2) is 5.75 Å². The molecule has 0 aromatic heterocycles. The number of anilines is 1. The predicted octanol–water partition coefficient (Wildman–Crippen LogP) is 5.02. The molecule has 7 heteroatoms. The third-order valence-electron chi connectivity index (χ3n) is 4.46. The molecule has 5 nitrogen and oxygen atoms in total. The van der Waals surface area contributed by atoms with Crippen molar-refractivity contribution < 1.29 is 46.6 Å². The number of rotatable bonds is 7. The second kappa shape index (κ2) is 14.5. The third kappa shape index (κ3) is 8.16. The first-order valence-electron chi connectivity index (χ1n) is 9.60. The number of hydrogen-bond acceptors (Lipinski definition) is 4. The van der Waals surface area contributed by atoms with E-state index in [4.69, 9.17) is 10.00 Å². The summed E-state index contributed by atoms with van der Waals surface area (Å²) in [6.45, 7) is 0.363. The number of nitriles is 1. The van der Waals surface area contributed by atoms with Crippen molar-refractivity contribution in [2.45, 2.75) is 12.5 Å². The van der Waals surface area contributed by atoms with Crippen molar-refractivity contribution in [1.82, 2.24) is 0 Å². The molecular weight excluding hydrogens is 482 g/mol. The van der Waals surface area contributed by atoms with Gasteiger partial charge in [0.2, 0.25) is 0 Å². The summed E-state index contributed by atoms with van der Waals surface area (Å²) in [4.78, 5) is 12.4. The van der Waals surface area contributed by atoms with E-state index in [9.17, 15) is 9.18 Å². The van der Waals surface area contributed by atoms with E-state index in [1.807, 2.05) is 44.4 Å². The van der Waals surface area contributed by atoms with E-state index in [0.29, 0.717) is 41.0 Å². The topological polar surface area (TPSA) is 67.4 Å². The number of nitrogens with zero attached hydrogens (tertiary/aromatic N) is 3. The van der Waals surface area contributed by atoms with Crippen LogP contribution in [-0.2, 0) is 43.9 Å². The number of carbonyl (C=O) groups excluding carboxylic acids is 1. The second-order valence-corrected chi connectivity index (χ2v) is 6.79. The van der Waals surface area contributed by atoms with Crippen LogP contribution in [0.3, 0.4) is 0 Å². The summed E-state index contributed by atoms with van der Waals surface area (Å²) >= 11 is 0. The molecule has 3 rings (SSSR count). The van der Waals surface area contributed by atoms with Gasteiger partial charge in [-0.3, -0.25) is 4.79 Å². The Morgan fingerprint density at radius 1 is 1.19 bits per heavy atom. The molecule has 0 saturated heterocycles. The smallest absolute Gasteiger partial charge is 0.298 e. The molecular formula is C25H24FN3O2Y-2. The zero-order chi connectivity index (χ0) is 22.6. The van der Waals surface area contributed by atoms with Crippen LogP contribution in [0.5, 0.6) is 5.75 Å². The maximum absolute atomic E-state index is 14.6. The monoisotopic (exact) mass is 506 g/mol. The Morgan fingerprint density at radius 3 is 2.38 bits per heavy atom. The molecule has 0 saturated carbocycles. The van der Waals surface area contributed by atoms with Gasteiger partial charge in [-0.25, -0.2) is 4.39 Å². The average molecular weight is 506 g/mol. The van der Waals surface area contributed by atoms with E-state index in [2.05, 4.69) is 17.5 Å². The molecule has 1 unspecified atom stereocenters. The summed E-state index contributed by atoms with van der Waals surface area (Å²) in [5.41, 5.74) is 2.49. The van der Waals surface area contributed by atoms with Gasteiger partial charge >= 0.3 is 0 Å². The Labute approximate surface area is 214 Å². The van der Waals surface area contributed by atoms with Gasteiger partial charge in [-0.2, -0.15) is 48.7 Å². The maximum Gasteiger partial charge on any atom is 0.298 e. The molecule has 0 heterocycles. The minimum atomic E-state index is -0.481. The van der Waals surface area contributed by atoms with Gasteiger partial charge in [-0.1, -0.05) is 18.2 Å². The second-order valence-electron chi connectivity index (χ2n) is 6.79. The first-order valence-corrected chi connectivity index (χ1v) is 9.60. The van der Waals surface area contributed by atoms with Crippen molar-refractivity contribution in [3.05, 3.63) is 89.5 Å².